The molecule has 20 heavy (non-hydrogen) atoms. The minimum Gasteiger partial charge on any atom is -0.483 e. The molecule has 1 aromatic carbocycles. The van der Waals surface area contributed by atoms with Crippen LogP contribution >= 0.6 is 0 Å². The Morgan fingerprint density at radius 3 is 2.40 bits per heavy atom. The molecule has 0 heterocycles. The second kappa shape index (κ2) is 6.23. The van der Waals surface area contributed by atoms with E-state index in [2.05, 4.69) is 5.32 Å². The van der Waals surface area contributed by atoms with Crippen molar-refractivity contribution in [1.29, 1.82) is 0 Å². The van der Waals surface area contributed by atoms with Gasteiger partial charge in [-0.3, -0.25) is 4.79 Å². The number of amides is 1. The first-order valence-electron chi connectivity index (χ1n) is 6.18. The number of benzene rings is 1. The van der Waals surface area contributed by atoms with Crippen LogP contribution in [0.4, 0.5) is 0 Å². The number of primary sulfonamides is 1. The number of hydrogen-bond donors (Lipinski definition) is 2. The first kappa shape index (κ1) is 16.5. The monoisotopic (exact) mass is 300 g/mol. The summed E-state index contributed by atoms with van der Waals surface area (Å²) in [6.07, 6.45) is 0. The van der Waals surface area contributed by atoms with Gasteiger partial charge in [-0.15, -0.1) is 0 Å². The van der Waals surface area contributed by atoms with E-state index in [0.29, 0.717) is 16.9 Å². The fourth-order valence-corrected chi connectivity index (χ4v) is 2.58. The molecule has 0 aromatic heterocycles. The summed E-state index contributed by atoms with van der Waals surface area (Å²) in [7, 11) is -3.75. The van der Waals surface area contributed by atoms with Gasteiger partial charge < -0.3 is 10.1 Å². The van der Waals surface area contributed by atoms with Crippen LogP contribution in [0.15, 0.2) is 17.0 Å². The second-order valence-corrected chi connectivity index (χ2v) is 6.40. The van der Waals surface area contributed by atoms with Crippen LogP contribution in [0, 0.1) is 13.8 Å². The average molecular weight is 300 g/mol. The summed E-state index contributed by atoms with van der Waals surface area (Å²) in [5, 5.41) is 7.82. The van der Waals surface area contributed by atoms with Crippen molar-refractivity contribution in [3.8, 4) is 5.75 Å². The Kier molecular flexibility index (Phi) is 5.13. The van der Waals surface area contributed by atoms with Crippen LogP contribution in [0.5, 0.6) is 5.75 Å². The first-order valence-corrected chi connectivity index (χ1v) is 7.72. The number of nitrogens with two attached hydrogens (primary N) is 1. The molecule has 0 spiro atoms. The number of nitrogens with one attached hydrogen (secondary N) is 1. The lowest BCUT2D eigenvalue weighted by molar-refractivity contribution is -0.123. The summed E-state index contributed by atoms with van der Waals surface area (Å²) in [4.78, 5) is 11.6. The van der Waals surface area contributed by atoms with Crippen molar-refractivity contribution in [3.05, 3.63) is 23.3 Å². The highest BCUT2D eigenvalue weighted by atomic mass is 32.2. The second-order valence-electron chi connectivity index (χ2n) is 4.87. The van der Waals surface area contributed by atoms with E-state index in [1.807, 2.05) is 13.8 Å². The maximum absolute atomic E-state index is 11.5. The highest BCUT2D eigenvalue weighted by Crippen LogP contribution is 2.26. The molecule has 6 nitrogen and oxygen atoms in total. The average Bonchev–Trinajstić information content (AvgIpc) is 2.28. The first-order chi connectivity index (χ1) is 9.12. The lowest BCUT2D eigenvalue weighted by atomic mass is 10.1. The molecule has 3 N–H and O–H groups in total. The molecule has 7 heteroatoms. The molecular weight excluding hydrogens is 280 g/mol. The molecule has 0 saturated heterocycles. The van der Waals surface area contributed by atoms with Crippen LogP contribution in [0.25, 0.3) is 0 Å². The third kappa shape index (κ3) is 4.21. The normalized spacial score (nSPS) is 11.5. The van der Waals surface area contributed by atoms with Crippen molar-refractivity contribution in [2.75, 3.05) is 6.61 Å². The van der Waals surface area contributed by atoms with Gasteiger partial charge in [-0.25, -0.2) is 13.6 Å². The summed E-state index contributed by atoms with van der Waals surface area (Å²) in [6, 6.07) is 2.93. The van der Waals surface area contributed by atoms with Gasteiger partial charge in [0.2, 0.25) is 10.0 Å². The number of hydrogen-bond acceptors (Lipinski definition) is 4. The standard InChI is InChI=1S/C13H20N2O4S/c1-8(2)15-13(16)7-19-11-5-6-12(20(14,17)18)10(4)9(11)3/h5-6,8H,7H2,1-4H3,(H,15,16)(H2,14,17,18). The molecule has 112 valence electrons. The Morgan fingerprint density at radius 2 is 1.90 bits per heavy atom. The topological polar surface area (TPSA) is 98.5 Å². The summed E-state index contributed by atoms with van der Waals surface area (Å²) >= 11 is 0. The van der Waals surface area contributed by atoms with Gasteiger partial charge in [-0.2, -0.15) is 0 Å². The van der Waals surface area contributed by atoms with E-state index < -0.39 is 10.0 Å². The lowest BCUT2D eigenvalue weighted by Crippen LogP contribution is -2.34. The minimum absolute atomic E-state index is 0.0405. The Hall–Kier alpha value is -1.60. The van der Waals surface area contributed by atoms with E-state index >= 15 is 0 Å². The zero-order valence-electron chi connectivity index (χ0n) is 12.1. The zero-order valence-corrected chi connectivity index (χ0v) is 12.9. The molecule has 0 bridgehead atoms. The molecule has 1 amide bonds. The van der Waals surface area contributed by atoms with Gasteiger partial charge in [0.25, 0.3) is 5.91 Å². The number of ether oxygens (including phenoxy) is 1. The van der Waals surface area contributed by atoms with Gasteiger partial charge in [0.1, 0.15) is 5.75 Å². The van der Waals surface area contributed by atoms with Crippen molar-refractivity contribution in [2.45, 2.75) is 38.6 Å². The highest BCUT2D eigenvalue weighted by molar-refractivity contribution is 7.89. The predicted octanol–water partition coefficient (Wildman–Crippen LogP) is 0.854. The van der Waals surface area contributed by atoms with Gasteiger partial charge in [-0.05, 0) is 51.0 Å². The van der Waals surface area contributed by atoms with Crippen molar-refractivity contribution >= 4 is 15.9 Å². The summed E-state index contributed by atoms with van der Waals surface area (Å²) < 4.78 is 28.2. The van der Waals surface area contributed by atoms with Crippen LogP contribution in [0.3, 0.4) is 0 Å². The van der Waals surface area contributed by atoms with Crippen LogP contribution in [-0.4, -0.2) is 27.0 Å². The zero-order chi connectivity index (χ0) is 15.5. The van der Waals surface area contributed by atoms with Crippen molar-refractivity contribution in [1.82, 2.24) is 5.32 Å². The van der Waals surface area contributed by atoms with Crippen LogP contribution < -0.4 is 15.2 Å². The van der Waals surface area contributed by atoms with Crippen LogP contribution in [0.1, 0.15) is 25.0 Å². The highest BCUT2D eigenvalue weighted by Gasteiger charge is 2.16. The molecule has 0 aliphatic rings. The third-order valence-corrected chi connectivity index (χ3v) is 3.86. The van der Waals surface area contributed by atoms with Crippen molar-refractivity contribution in [2.24, 2.45) is 5.14 Å². The number of carbonyl (C=O) groups is 1. The summed E-state index contributed by atoms with van der Waals surface area (Å²) in [5.41, 5.74) is 1.17. The SMILES string of the molecule is Cc1c(OCC(=O)NC(C)C)ccc(S(N)(=O)=O)c1C. The van der Waals surface area contributed by atoms with E-state index in [1.54, 1.807) is 13.8 Å². The van der Waals surface area contributed by atoms with E-state index in [4.69, 9.17) is 9.88 Å². The summed E-state index contributed by atoms with van der Waals surface area (Å²) in [6.45, 7) is 6.96. The van der Waals surface area contributed by atoms with Crippen molar-refractivity contribution < 1.29 is 17.9 Å². The molecular formula is C13H20N2O4S. The minimum atomic E-state index is -3.75. The van der Waals surface area contributed by atoms with Gasteiger partial charge in [0, 0.05) is 6.04 Å². The molecule has 0 saturated carbocycles. The molecule has 0 atom stereocenters. The lowest BCUT2D eigenvalue weighted by Gasteiger charge is -2.14. The smallest absolute Gasteiger partial charge is 0.258 e. The number of sulfonamides is 1. The molecule has 1 aromatic rings. The quantitative estimate of drug-likeness (QED) is 0.842. The fraction of sp³-hybridized carbons (Fsp3) is 0.462. The fourth-order valence-electron chi connectivity index (χ4n) is 1.74. The number of carbonyl (C=O) groups excluding carboxylic acids is 1. The third-order valence-electron chi connectivity index (χ3n) is 2.80. The Morgan fingerprint density at radius 1 is 1.30 bits per heavy atom. The molecule has 0 fully saturated rings. The van der Waals surface area contributed by atoms with E-state index in [1.165, 1.54) is 12.1 Å². The molecule has 0 unspecified atom stereocenters. The van der Waals surface area contributed by atoms with Gasteiger partial charge in [-0.1, -0.05) is 0 Å². The number of rotatable bonds is 5. The van der Waals surface area contributed by atoms with E-state index in [9.17, 15) is 13.2 Å². The molecule has 1 rings (SSSR count). The van der Waals surface area contributed by atoms with Crippen molar-refractivity contribution in [3.63, 3.8) is 0 Å². The predicted molar refractivity (Wildman–Crippen MR) is 76.1 cm³/mol. The maximum Gasteiger partial charge on any atom is 0.258 e. The largest absolute Gasteiger partial charge is 0.483 e. The Balaban J connectivity index is 2.89. The van der Waals surface area contributed by atoms with Gasteiger partial charge in [0.05, 0.1) is 4.90 Å². The summed E-state index contributed by atoms with van der Waals surface area (Å²) in [5.74, 6) is 0.237. The Labute approximate surface area is 119 Å². The van der Waals surface area contributed by atoms with Crippen LogP contribution in [0.2, 0.25) is 0 Å². The molecule has 0 radical (unpaired) electrons. The maximum atomic E-state index is 11.5. The van der Waals surface area contributed by atoms with Gasteiger partial charge in [0.15, 0.2) is 6.61 Å². The molecule has 0 aliphatic carbocycles. The molecule has 0 aliphatic heterocycles. The van der Waals surface area contributed by atoms with Crippen LogP contribution in [-0.2, 0) is 14.8 Å². The van der Waals surface area contributed by atoms with E-state index in [0.717, 1.165) is 0 Å². The Bertz CT molecular complexity index is 609. The van der Waals surface area contributed by atoms with Gasteiger partial charge >= 0.3 is 0 Å². The van der Waals surface area contributed by atoms with E-state index in [-0.39, 0.29) is 23.5 Å².